The van der Waals surface area contributed by atoms with Gasteiger partial charge in [-0.15, -0.1) is 0 Å². The van der Waals surface area contributed by atoms with Crippen LogP contribution in [0.5, 0.6) is 0 Å². The first-order valence-electron chi connectivity index (χ1n) is 68.4. The van der Waals surface area contributed by atoms with Crippen molar-refractivity contribution in [3.63, 3.8) is 0 Å². The quantitative estimate of drug-likeness (QED) is 0.0370. The molecule has 5 N–H and O–H groups in total. The molecule has 0 unspecified atom stereocenters. The largest absolute Gasteiger partial charge is 0.368 e. The Balaban J connectivity index is 0.000000208. The lowest BCUT2D eigenvalue weighted by atomic mass is 9.84. The number of benzene rings is 5. The maximum absolute atomic E-state index is 12.6. The van der Waals surface area contributed by atoms with E-state index in [4.69, 9.17) is 111 Å². The number of nitrogens with one attached hydrogen (secondary N) is 5. The van der Waals surface area contributed by atoms with Crippen molar-refractivity contribution in [1.29, 1.82) is 0 Å². The third kappa shape index (κ3) is 35.8. The van der Waals surface area contributed by atoms with E-state index in [9.17, 15) is 24.0 Å². The molecule has 140 heavy (non-hydrogen) atoms. The molecule has 780 valence electrons. The fourth-order valence-corrected chi connectivity index (χ4v) is 19.0. The van der Waals surface area contributed by atoms with Gasteiger partial charge in [0, 0.05) is 282 Å². The van der Waals surface area contributed by atoms with Gasteiger partial charge in [0.1, 0.15) is 0 Å². The van der Waals surface area contributed by atoms with Crippen molar-refractivity contribution in [3.05, 3.63) is 144 Å². The standard InChI is InChI=1S/5C22H35ClN4O/c5*1-17-5-4-6-20(21(17)23)27-15-13-26(14-16-27)12-11-18-7-9-19(10-8-18)24-22(28)25(2)3/h5*4-6,18-19H,7-16H2,1-3H3,(H,24,28)/i2D3,7D2,8D2,9D2,10D2,18D,19D;7D2,8D2,9D2,10D2,18D,19D;2D3,11D2,12D2;11D2,12D2;2D3,12D2. The van der Waals surface area contributed by atoms with Crippen LogP contribution in [-0.4, -0.2) is 343 Å². The van der Waals surface area contributed by atoms with Crippen molar-refractivity contribution < 1.29 is 77.4 Å². The topological polar surface area (TPSA) is 194 Å². The van der Waals surface area contributed by atoms with E-state index in [1.807, 2.05) is 146 Å². The number of hydrogen-bond acceptors (Lipinski definition) is 15. The minimum atomic E-state index is -3.68. The van der Waals surface area contributed by atoms with Crippen LogP contribution >= 0.6 is 58.0 Å². The van der Waals surface area contributed by atoms with Crippen molar-refractivity contribution in [2.45, 2.75) is 225 Å². The number of anilines is 5. The highest BCUT2D eigenvalue weighted by molar-refractivity contribution is 6.35. The number of hydrogen-bond donors (Lipinski definition) is 5. The Kier molecular flexibility index (Phi) is 28.7. The number of halogens is 5. The summed E-state index contributed by atoms with van der Waals surface area (Å²) in [7, 11) is 9.23. The smallest absolute Gasteiger partial charge is 0.317 e. The van der Waals surface area contributed by atoms with Gasteiger partial charge in [0.25, 0.3) is 0 Å². The fraction of sp³-hybridized carbons (Fsp3) is 0.682. The molecule has 0 spiro atoms. The molecule has 10 amide bonds. The van der Waals surface area contributed by atoms with Crippen LogP contribution in [0.3, 0.4) is 0 Å². The van der Waals surface area contributed by atoms with Gasteiger partial charge in [0.15, 0.2) is 0 Å². The Hall–Kier alpha value is -7.30. The monoisotopic (exact) mass is 2070 g/mol. The van der Waals surface area contributed by atoms with Crippen molar-refractivity contribution >= 4 is 117 Å². The summed E-state index contributed by atoms with van der Waals surface area (Å²) in [6.45, 7) is 6.75. The van der Waals surface area contributed by atoms with Crippen LogP contribution in [0.2, 0.25) is 25.1 Å². The predicted molar refractivity (Wildman–Crippen MR) is 587 cm³/mol. The van der Waals surface area contributed by atoms with Crippen LogP contribution in [0.15, 0.2) is 91.0 Å². The van der Waals surface area contributed by atoms with Gasteiger partial charge >= 0.3 is 30.2 Å². The molecule has 15 rings (SSSR count). The Bertz CT molecular complexity index is 6440. The normalized spacial score (nSPS) is 33.4. The van der Waals surface area contributed by atoms with Crippen LogP contribution in [-0.2, 0) is 0 Å². The van der Waals surface area contributed by atoms with Crippen LogP contribution in [0.25, 0.3) is 0 Å². The molecule has 0 bridgehead atoms. The van der Waals surface area contributed by atoms with Gasteiger partial charge in [0.2, 0.25) is 0 Å². The zero-order valence-corrected chi connectivity index (χ0v) is 87.2. The second-order valence-electron chi connectivity index (χ2n) is 37.7. The summed E-state index contributed by atoms with van der Waals surface area (Å²) in [5, 5.41) is 15.4. The van der Waals surface area contributed by atoms with E-state index < -0.39 is 171 Å². The molecule has 0 radical (unpaired) electrons. The molecule has 10 aliphatic rings. The van der Waals surface area contributed by atoms with Crippen LogP contribution in [0, 0.1) is 64.2 Å². The zero-order chi connectivity index (χ0) is 135. The molecular formula is C110H175Cl5N20O5. The van der Waals surface area contributed by atoms with Gasteiger partial charge in [-0.3, -0.25) is 24.5 Å². The summed E-state index contributed by atoms with van der Waals surface area (Å²) in [6, 6.07) is 17.8. The summed E-state index contributed by atoms with van der Waals surface area (Å²) in [5.41, 5.74) is 9.52. The van der Waals surface area contributed by atoms with E-state index in [1.165, 1.54) is 33.1 Å². The molecule has 0 atom stereocenters. The van der Waals surface area contributed by atoms with E-state index >= 15 is 0 Å². The minimum Gasteiger partial charge on any atom is -0.368 e. The van der Waals surface area contributed by atoms with Gasteiger partial charge in [-0.1, -0.05) is 119 Å². The Morgan fingerprint density at radius 2 is 0.536 bits per heavy atom. The number of piperazine rings is 5. The summed E-state index contributed by atoms with van der Waals surface area (Å²) in [5.74, 6) is -6.60. The van der Waals surface area contributed by atoms with Gasteiger partial charge < -0.3 is 75.6 Å². The lowest BCUT2D eigenvalue weighted by molar-refractivity contribution is 0.194. The number of rotatable bonds is 25. The number of aryl methyl sites for hydroxylation is 5. The van der Waals surface area contributed by atoms with Crippen molar-refractivity contribution in [2.24, 2.45) is 29.5 Å². The molecule has 5 heterocycles. The summed E-state index contributed by atoms with van der Waals surface area (Å²) in [4.78, 5) is 84.6. The molecule has 5 aliphatic heterocycles. The average molecular weight is 2070 g/mol. The Morgan fingerprint density at radius 3 is 0.793 bits per heavy atom. The first-order chi connectivity index (χ1) is 82.1. The minimum absolute atomic E-state index is 0.0130. The van der Waals surface area contributed by atoms with Crippen molar-refractivity contribution in [2.75, 3.05) is 258 Å². The molecule has 10 fully saturated rings. The third-order valence-corrected chi connectivity index (χ3v) is 29.2. The van der Waals surface area contributed by atoms with Crippen LogP contribution in [0.4, 0.5) is 52.4 Å². The number of carbonyl (C=O) groups excluding carboxylic acids is 5. The highest BCUT2D eigenvalue weighted by atomic mass is 35.5. The summed E-state index contributed by atoms with van der Waals surface area (Å²) < 4.78 is 325. The van der Waals surface area contributed by atoms with Crippen molar-refractivity contribution in [3.8, 4) is 0 Å². The van der Waals surface area contributed by atoms with Crippen LogP contribution < -0.4 is 51.1 Å². The fourth-order valence-electron chi connectivity index (χ4n) is 17.8. The molecule has 5 aliphatic carbocycles. The first-order valence-corrected chi connectivity index (χ1v) is 50.8. The SMILES string of the molecule is [2H]C([2H])(C1CCC(NC(=O)N(C)C)CC1)C([2H])([2H])N1CCN(c2cccc(C)c2Cl)CC1.[2H]C([2H])([2H])N(C)C(=O)NC1([2H])C([2H])([2H])C([2H])([2H])C([2H])(CCN2CCN(c3cccc(C)c3Cl)CC2)C([2H])([2H])C1([2H])[2H].[2H]C([2H])([2H])N(C)C(=O)NC1CCC(C([2H])([2H])C([2H])([2H])N2CCN(c3cccc(C)c3Cl)CC2)CC1.[2H]C([2H])([2H])N(C)C(=O)NC1CCC(CC([2H])([2H])N2CCN(c3cccc(C)c3Cl)CC2)CC1.[2H]C1([2H])C([2H])([2H])C([2H])(NC(=O)N(C)C)C([2H])([2H])C([2H])([2H])C1([2H])CCN1CCN(c2cccc(C)c2Cl)CC1. The Labute approximate surface area is 922 Å². The lowest BCUT2D eigenvalue weighted by Crippen LogP contribution is -2.47. The van der Waals surface area contributed by atoms with E-state index in [0.717, 1.165) is 122 Å². The maximum atomic E-state index is 12.6. The second-order valence-corrected chi connectivity index (χ2v) is 39.6. The summed E-state index contributed by atoms with van der Waals surface area (Å²) >= 11 is 32.3. The molecule has 5 saturated carbocycles. The average Bonchev–Trinajstić information content (AvgIpc) is 0.658. The van der Waals surface area contributed by atoms with Crippen molar-refractivity contribution in [1.82, 2.24) is 75.6 Å². The van der Waals surface area contributed by atoms with E-state index in [2.05, 4.69) is 40.4 Å². The van der Waals surface area contributed by atoms with Gasteiger partial charge in [0.05, 0.1) is 56.3 Å². The molecule has 5 saturated heterocycles. The Morgan fingerprint density at radius 1 is 0.307 bits per heavy atom. The summed E-state index contributed by atoms with van der Waals surface area (Å²) in [6.07, 6.45) is -25.5. The first kappa shape index (κ1) is 69.7. The maximum Gasteiger partial charge on any atom is 0.317 e. The van der Waals surface area contributed by atoms with Gasteiger partial charge in [-0.25, -0.2) is 24.0 Å². The third-order valence-electron chi connectivity index (χ3n) is 26.8. The lowest BCUT2D eigenvalue weighted by Gasteiger charge is -2.37. The number of amides is 10. The molecule has 25 nitrogen and oxygen atoms in total. The molecule has 30 heteroatoms. The van der Waals surface area contributed by atoms with E-state index in [0.29, 0.717) is 196 Å². The number of nitrogens with zero attached hydrogens (tertiary/aromatic N) is 15. The molecule has 5 aromatic carbocycles. The van der Waals surface area contributed by atoms with Crippen LogP contribution in [0.1, 0.15) is 241 Å². The van der Waals surface area contributed by atoms with Gasteiger partial charge in [-0.05, 0) is 315 Å². The highest BCUT2D eigenvalue weighted by Crippen LogP contribution is 2.39. The highest BCUT2D eigenvalue weighted by Gasteiger charge is 2.33. The van der Waals surface area contributed by atoms with Gasteiger partial charge in [-0.2, -0.15) is 0 Å². The second kappa shape index (κ2) is 57.6. The number of urea groups is 5. The molecule has 5 aromatic rings. The molecule has 0 aromatic heterocycles. The zero-order valence-electron chi connectivity index (χ0n) is 122. The molecular weight excluding hydrogens is 1860 g/mol. The van der Waals surface area contributed by atoms with E-state index in [-0.39, 0.29) is 54.0 Å². The predicted octanol–water partition coefficient (Wildman–Crippen LogP) is 20.0. The van der Waals surface area contributed by atoms with E-state index in [1.54, 1.807) is 29.2 Å². The number of carbonyl (C=O) groups is 5.